The normalized spacial score (nSPS) is 11.3. The summed E-state index contributed by atoms with van der Waals surface area (Å²) in [6, 6.07) is 0. The third kappa shape index (κ3) is 15.5. The third-order valence-electron chi connectivity index (χ3n) is 3.21. The summed E-state index contributed by atoms with van der Waals surface area (Å²) < 4.78 is 0. The van der Waals surface area contributed by atoms with E-state index in [1.165, 1.54) is 64.2 Å². The minimum absolute atomic E-state index is 0.140. The highest BCUT2D eigenvalue weighted by molar-refractivity contribution is 4.78. The molecule has 0 heterocycles. The van der Waals surface area contributed by atoms with Gasteiger partial charge in [0.05, 0.1) is 0 Å². The van der Waals surface area contributed by atoms with Crippen molar-refractivity contribution < 1.29 is 5.21 Å². The van der Waals surface area contributed by atoms with Crippen molar-refractivity contribution in [1.82, 2.24) is 5.23 Å². The Morgan fingerprint density at radius 3 is 1.72 bits per heavy atom. The Labute approximate surface area is 112 Å². The first kappa shape index (κ1) is 17.5. The number of rotatable bonds is 13. The lowest BCUT2D eigenvalue weighted by atomic mass is 10.1. The molecule has 0 radical (unpaired) electrons. The number of allylic oxidation sites excluding steroid dienone is 1. The molecule has 0 aromatic rings. The SMILES string of the molecule is CCCCCCCCCCCCCC=CN([O-])O. The van der Waals surface area contributed by atoms with E-state index in [2.05, 4.69) is 6.92 Å². The van der Waals surface area contributed by atoms with Crippen LogP contribution < -0.4 is 0 Å². The molecule has 0 aromatic carbocycles. The van der Waals surface area contributed by atoms with Gasteiger partial charge < -0.3 is 10.4 Å². The van der Waals surface area contributed by atoms with E-state index in [1.807, 2.05) is 0 Å². The Morgan fingerprint density at radius 1 is 0.833 bits per heavy atom. The van der Waals surface area contributed by atoms with E-state index in [0.717, 1.165) is 19.0 Å². The lowest BCUT2D eigenvalue weighted by molar-refractivity contribution is 0.0116. The van der Waals surface area contributed by atoms with Crippen LogP contribution in [-0.4, -0.2) is 10.4 Å². The van der Waals surface area contributed by atoms with E-state index in [9.17, 15) is 5.21 Å². The predicted octanol–water partition coefficient (Wildman–Crippen LogP) is 5.39. The molecular formula is C15H30NO2-. The molecule has 0 aliphatic carbocycles. The molecule has 0 saturated heterocycles. The fraction of sp³-hybridized carbons (Fsp3) is 0.867. The molecule has 0 fully saturated rings. The summed E-state index contributed by atoms with van der Waals surface area (Å²) in [6.45, 7) is 2.25. The first-order valence-electron chi connectivity index (χ1n) is 7.59. The quantitative estimate of drug-likeness (QED) is 0.355. The van der Waals surface area contributed by atoms with Gasteiger partial charge in [-0.05, 0) is 12.8 Å². The molecule has 0 aliphatic rings. The maximum absolute atomic E-state index is 10.1. The second-order valence-electron chi connectivity index (χ2n) is 5.01. The van der Waals surface area contributed by atoms with Gasteiger partial charge in [-0.2, -0.15) is 0 Å². The van der Waals surface area contributed by atoms with E-state index >= 15 is 0 Å². The van der Waals surface area contributed by atoms with Crippen LogP contribution in [0.4, 0.5) is 0 Å². The number of nitrogens with zero attached hydrogens (tertiary/aromatic N) is 1. The second kappa shape index (κ2) is 14.5. The summed E-state index contributed by atoms with van der Waals surface area (Å²) in [5.74, 6) is 0. The smallest absolute Gasteiger partial charge is 0.0106 e. The van der Waals surface area contributed by atoms with Crippen LogP contribution in [0.25, 0.3) is 0 Å². The highest BCUT2D eigenvalue weighted by Gasteiger charge is 1.92. The number of hydroxylamine groups is 2. The van der Waals surface area contributed by atoms with Gasteiger partial charge in [-0.1, -0.05) is 77.2 Å². The highest BCUT2D eigenvalue weighted by Crippen LogP contribution is 2.11. The average molecular weight is 256 g/mol. The van der Waals surface area contributed by atoms with Gasteiger partial charge in [0.1, 0.15) is 0 Å². The Bertz CT molecular complexity index is 181. The number of hydrogen-bond donors (Lipinski definition) is 1. The molecule has 3 nitrogen and oxygen atoms in total. The molecule has 0 amide bonds. The molecule has 0 rings (SSSR count). The van der Waals surface area contributed by atoms with Crippen LogP contribution in [0.15, 0.2) is 12.3 Å². The molecule has 0 unspecified atom stereocenters. The largest absolute Gasteiger partial charge is 0.734 e. The van der Waals surface area contributed by atoms with Crippen molar-refractivity contribution in [1.29, 1.82) is 0 Å². The van der Waals surface area contributed by atoms with E-state index in [0.29, 0.717) is 0 Å². The van der Waals surface area contributed by atoms with Gasteiger partial charge in [0.25, 0.3) is 0 Å². The standard InChI is InChI=1S/C15H30NO2/c1-2-3-4-5-6-7-8-9-10-11-12-13-14-15-16(17)18/h14-15,17H,2-13H2,1H3/q-1. The van der Waals surface area contributed by atoms with Crippen LogP contribution in [0.2, 0.25) is 0 Å². The zero-order valence-corrected chi connectivity index (χ0v) is 11.9. The summed E-state index contributed by atoms with van der Waals surface area (Å²) in [6.07, 6.45) is 18.4. The van der Waals surface area contributed by atoms with E-state index < -0.39 is 0 Å². The van der Waals surface area contributed by atoms with Crippen LogP contribution in [0, 0.1) is 5.21 Å². The minimum Gasteiger partial charge on any atom is -0.734 e. The molecule has 1 N–H and O–H groups in total. The van der Waals surface area contributed by atoms with E-state index in [1.54, 1.807) is 6.08 Å². The third-order valence-corrected chi connectivity index (χ3v) is 3.21. The molecular weight excluding hydrogens is 226 g/mol. The topological polar surface area (TPSA) is 46.5 Å². The lowest BCUT2D eigenvalue weighted by Crippen LogP contribution is -1.97. The minimum atomic E-state index is -0.140. The molecule has 0 atom stereocenters. The van der Waals surface area contributed by atoms with Gasteiger partial charge in [0.15, 0.2) is 0 Å². The molecule has 0 aliphatic heterocycles. The number of unbranched alkanes of at least 4 members (excludes halogenated alkanes) is 11. The molecule has 108 valence electrons. The summed E-state index contributed by atoms with van der Waals surface area (Å²) >= 11 is 0. The highest BCUT2D eigenvalue weighted by atomic mass is 16.8. The fourth-order valence-corrected chi connectivity index (χ4v) is 2.09. The van der Waals surface area contributed by atoms with Gasteiger partial charge in [-0.25, -0.2) is 0 Å². The van der Waals surface area contributed by atoms with Crippen molar-refractivity contribution in [3.63, 3.8) is 0 Å². The van der Waals surface area contributed by atoms with Crippen molar-refractivity contribution in [2.24, 2.45) is 0 Å². The summed E-state index contributed by atoms with van der Waals surface area (Å²) in [4.78, 5) is 0. The molecule has 0 saturated carbocycles. The van der Waals surface area contributed by atoms with E-state index in [-0.39, 0.29) is 5.23 Å². The Morgan fingerprint density at radius 2 is 1.28 bits per heavy atom. The van der Waals surface area contributed by atoms with Gasteiger partial charge in [-0.3, -0.25) is 5.21 Å². The van der Waals surface area contributed by atoms with Gasteiger partial charge in [-0.15, -0.1) is 0 Å². The van der Waals surface area contributed by atoms with E-state index in [4.69, 9.17) is 5.21 Å². The zero-order chi connectivity index (χ0) is 13.5. The Kier molecular flexibility index (Phi) is 14.1. The Hall–Kier alpha value is -0.540. The maximum atomic E-state index is 10.1. The average Bonchev–Trinajstić information content (AvgIpc) is 2.34. The van der Waals surface area contributed by atoms with Crippen molar-refractivity contribution in [3.8, 4) is 0 Å². The van der Waals surface area contributed by atoms with Crippen molar-refractivity contribution in [2.75, 3.05) is 0 Å². The predicted molar refractivity (Wildman–Crippen MR) is 77.2 cm³/mol. The summed E-state index contributed by atoms with van der Waals surface area (Å²) in [7, 11) is 0. The van der Waals surface area contributed by atoms with Gasteiger partial charge in [0.2, 0.25) is 0 Å². The first-order chi connectivity index (χ1) is 8.77. The number of hydrogen-bond acceptors (Lipinski definition) is 3. The summed E-state index contributed by atoms with van der Waals surface area (Å²) in [5.41, 5.74) is 0. The van der Waals surface area contributed by atoms with Crippen molar-refractivity contribution in [3.05, 3.63) is 17.5 Å². The maximum Gasteiger partial charge on any atom is 0.0106 e. The van der Waals surface area contributed by atoms with Crippen LogP contribution >= 0.6 is 0 Å². The zero-order valence-electron chi connectivity index (χ0n) is 11.9. The first-order valence-corrected chi connectivity index (χ1v) is 7.59. The van der Waals surface area contributed by atoms with Crippen LogP contribution in [0.3, 0.4) is 0 Å². The lowest BCUT2D eigenvalue weighted by Gasteiger charge is -2.14. The monoisotopic (exact) mass is 256 g/mol. The van der Waals surface area contributed by atoms with Gasteiger partial charge >= 0.3 is 0 Å². The molecule has 3 heteroatoms. The Balaban J connectivity index is 2.99. The molecule has 0 aromatic heterocycles. The molecule has 18 heavy (non-hydrogen) atoms. The molecule has 0 spiro atoms. The summed E-state index contributed by atoms with van der Waals surface area (Å²) in [5, 5.41) is 18.3. The molecule has 0 bridgehead atoms. The van der Waals surface area contributed by atoms with Gasteiger partial charge in [0, 0.05) is 6.20 Å². The van der Waals surface area contributed by atoms with Crippen LogP contribution in [0.1, 0.15) is 84.0 Å². The van der Waals surface area contributed by atoms with Crippen molar-refractivity contribution >= 4 is 0 Å². The van der Waals surface area contributed by atoms with Crippen molar-refractivity contribution in [2.45, 2.75) is 84.0 Å². The second-order valence-corrected chi connectivity index (χ2v) is 5.01. The van der Waals surface area contributed by atoms with Crippen LogP contribution in [0.5, 0.6) is 0 Å². The fourth-order valence-electron chi connectivity index (χ4n) is 2.09. The van der Waals surface area contributed by atoms with Crippen LogP contribution in [-0.2, 0) is 0 Å².